The fraction of sp³-hybridized carbons (Fsp3) is 0.391. The predicted molar refractivity (Wildman–Crippen MR) is 108 cm³/mol. The van der Waals surface area contributed by atoms with Crippen molar-refractivity contribution in [2.45, 2.75) is 37.5 Å². The lowest BCUT2D eigenvalue weighted by Crippen LogP contribution is -2.49. The lowest BCUT2D eigenvalue weighted by Gasteiger charge is -2.39. The normalized spacial score (nSPS) is 15.8. The first-order valence-electron chi connectivity index (χ1n) is 9.75. The minimum Gasteiger partial charge on any atom is -0.497 e. The molecule has 28 heavy (non-hydrogen) atoms. The molecule has 2 aromatic carbocycles. The average Bonchev–Trinajstić information content (AvgIpc) is 2.74. The number of aryl methyl sites for hydroxylation is 1. The third-order valence-electron chi connectivity index (χ3n) is 5.72. The van der Waals surface area contributed by atoms with Gasteiger partial charge in [0.25, 0.3) is 0 Å². The van der Waals surface area contributed by atoms with E-state index < -0.39 is 11.4 Å². The standard InChI is InChI=1S/C23H27NO4/c1-28-20-12-10-18(11-13-20)6-5-9-21(25)24-16-14-23(15-17-24,22(26)27)19-7-3-2-4-8-19/h2-4,7-8,10-13H,5-6,9,14-17H2,1H3,(H,26,27). The van der Waals surface area contributed by atoms with E-state index in [4.69, 9.17) is 4.74 Å². The fourth-order valence-electron chi connectivity index (χ4n) is 3.92. The number of nitrogens with zero attached hydrogens (tertiary/aromatic N) is 1. The molecule has 0 saturated carbocycles. The second kappa shape index (κ2) is 8.91. The number of aliphatic carboxylic acids is 1. The van der Waals surface area contributed by atoms with E-state index in [1.165, 1.54) is 5.56 Å². The minimum atomic E-state index is -0.888. The van der Waals surface area contributed by atoms with E-state index in [1.807, 2.05) is 59.5 Å². The molecule has 0 aliphatic carbocycles. The van der Waals surface area contributed by atoms with Gasteiger partial charge in [0.1, 0.15) is 5.75 Å². The zero-order valence-electron chi connectivity index (χ0n) is 16.3. The summed E-state index contributed by atoms with van der Waals surface area (Å²) in [7, 11) is 1.64. The smallest absolute Gasteiger partial charge is 0.314 e. The highest BCUT2D eigenvalue weighted by Gasteiger charge is 2.43. The largest absolute Gasteiger partial charge is 0.497 e. The number of carboxylic acid groups (broad SMARTS) is 1. The van der Waals surface area contributed by atoms with Gasteiger partial charge in [0, 0.05) is 19.5 Å². The molecule has 3 rings (SSSR count). The Balaban J connectivity index is 1.52. The Morgan fingerprint density at radius 2 is 1.68 bits per heavy atom. The molecule has 0 spiro atoms. The van der Waals surface area contributed by atoms with Crippen LogP contribution in [0.3, 0.4) is 0 Å². The molecular weight excluding hydrogens is 354 g/mol. The van der Waals surface area contributed by atoms with Crippen LogP contribution in [0.4, 0.5) is 0 Å². The van der Waals surface area contributed by atoms with Crippen molar-refractivity contribution in [1.29, 1.82) is 0 Å². The number of likely N-dealkylation sites (tertiary alicyclic amines) is 1. The molecule has 0 atom stereocenters. The summed E-state index contributed by atoms with van der Waals surface area (Å²) in [5.74, 6) is 0.138. The molecule has 0 radical (unpaired) electrons. The lowest BCUT2D eigenvalue weighted by atomic mass is 9.73. The second-order valence-corrected chi connectivity index (χ2v) is 7.34. The molecular formula is C23H27NO4. The van der Waals surface area contributed by atoms with Gasteiger partial charge in [-0.05, 0) is 48.9 Å². The van der Waals surface area contributed by atoms with E-state index in [0.717, 1.165) is 24.2 Å². The summed E-state index contributed by atoms with van der Waals surface area (Å²) in [6.45, 7) is 0.977. The maximum Gasteiger partial charge on any atom is 0.314 e. The van der Waals surface area contributed by atoms with Crippen molar-refractivity contribution in [3.63, 3.8) is 0 Å². The van der Waals surface area contributed by atoms with Crippen molar-refractivity contribution < 1.29 is 19.4 Å². The first-order chi connectivity index (χ1) is 13.5. The van der Waals surface area contributed by atoms with Crippen LogP contribution in [0.5, 0.6) is 5.75 Å². The number of carbonyl (C=O) groups is 2. The van der Waals surface area contributed by atoms with Gasteiger partial charge in [-0.2, -0.15) is 0 Å². The van der Waals surface area contributed by atoms with Crippen molar-refractivity contribution in [1.82, 2.24) is 4.90 Å². The minimum absolute atomic E-state index is 0.112. The molecule has 1 saturated heterocycles. The monoisotopic (exact) mass is 381 g/mol. The Kier molecular flexibility index (Phi) is 6.34. The van der Waals surface area contributed by atoms with Gasteiger partial charge in [0.2, 0.25) is 5.91 Å². The van der Waals surface area contributed by atoms with Gasteiger partial charge in [0.05, 0.1) is 12.5 Å². The van der Waals surface area contributed by atoms with Crippen molar-refractivity contribution in [3.05, 3.63) is 65.7 Å². The first-order valence-corrected chi connectivity index (χ1v) is 9.75. The van der Waals surface area contributed by atoms with Gasteiger partial charge < -0.3 is 14.7 Å². The molecule has 0 unspecified atom stereocenters. The van der Waals surface area contributed by atoms with Gasteiger partial charge in [-0.25, -0.2) is 0 Å². The molecule has 1 aliphatic heterocycles. The molecule has 2 aromatic rings. The summed E-state index contributed by atoms with van der Waals surface area (Å²) in [5.41, 5.74) is 1.12. The molecule has 5 heteroatoms. The van der Waals surface area contributed by atoms with Crippen LogP contribution >= 0.6 is 0 Å². The topological polar surface area (TPSA) is 66.8 Å². The summed E-state index contributed by atoms with van der Waals surface area (Å²) in [6, 6.07) is 17.3. The van der Waals surface area contributed by atoms with Crippen LogP contribution in [0.15, 0.2) is 54.6 Å². The van der Waals surface area contributed by atoms with Gasteiger partial charge in [-0.3, -0.25) is 9.59 Å². The van der Waals surface area contributed by atoms with Crippen LogP contribution < -0.4 is 4.74 Å². The number of hydrogen-bond acceptors (Lipinski definition) is 3. The SMILES string of the molecule is COc1ccc(CCCC(=O)N2CCC(C(=O)O)(c3ccccc3)CC2)cc1. The molecule has 1 fully saturated rings. The molecule has 5 nitrogen and oxygen atoms in total. The summed E-state index contributed by atoms with van der Waals surface area (Å²) in [6.07, 6.45) is 3.02. The number of piperidine rings is 1. The van der Waals surface area contributed by atoms with Gasteiger partial charge in [-0.1, -0.05) is 42.5 Å². The highest BCUT2D eigenvalue weighted by Crippen LogP contribution is 2.36. The van der Waals surface area contributed by atoms with E-state index in [-0.39, 0.29) is 5.91 Å². The Labute approximate surface area is 165 Å². The number of carboxylic acids is 1. The zero-order chi connectivity index (χ0) is 20.0. The molecule has 0 aromatic heterocycles. The van der Waals surface area contributed by atoms with E-state index >= 15 is 0 Å². The molecule has 1 amide bonds. The maximum atomic E-state index is 12.6. The number of carbonyl (C=O) groups excluding carboxylic acids is 1. The summed E-state index contributed by atoms with van der Waals surface area (Å²) < 4.78 is 5.15. The summed E-state index contributed by atoms with van der Waals surface area (Å²) in [5, 5.41) is 9.86. The number of ether oxygens (including phenoxy) is 1. The molecule has 0 bridgehead atoms. The van der Waals surface area contributed by atoms with E-state index in [2.05, 4.69) is 0 Å². The van der Waals surface area contributed by atoms with Crippen molar-refractivity contribution in [3.8, 4) is 5.75 Å². The highest BCUT2D eigenvalue weighted by molar-refractivity contribution is 5.82. The lowest BCUT2D eigenvalue weighted by molar-refractivity contribution is -0.148. The maximum absolute atomic E-state index is 12.6. The van der Waals surface area contributed by atoms with E-state index in [1.54, 1.807) is 7.11 Å². The van der Waals surface area contributed by atoms with Crippen LogP contribution in [0.2, 0.25) is 0 Å². The predicted octanol–water partition coefficient (Wildman–Crippen LogP) is 3.66. The number of methoxy groups -OCH3 is 1. The van der Waals surface area contributed by atoms with Crippen molar-refractivity contribution in [2.75, 3.05) is 20.2 Å². The second-order valence-electron chi connectivity index (χ2n) is 7.34. The Bertz CT molecular complexity index is 793. The highest BCUT2D eigenvalue weighted by atomic mass is 16.5. The van der Waals surface area contributed by atoms with Crippen LogP contribution in [-0.4, -0.2) is 42.1 Å². The fourth-order valence-corrected chi connectivity index (χ4v) is 3.92. The number of hydrogen-bond donors (Lipinski definition) is 1. The van der Waals surface area contributed by atoms with Gasteiger partial charge in [0.15, 0.2) is 0 Å². The third kappa shape index (κ3) is 4.35. The molecule has 148 valence electrons. The third-order valence-corrected chi connectivity index (χ3v) is 5.72. The van der Waals surface area contributed by atoms with Crippen molar-refractivity contribution in [2.24, 2.45) is 0 Å². The zero-order valence-corrected chi connectivity index (χ0v) is 16.3. The first kappa shape index (κ1) is 19.9. The van der Waals surface area contributed by atoms with Crippen molar-refractivity contribution >= 4 is 11.9 Å². The average molecular weight is 381 g/mol. The van der Waals surface area contributed by atoms with Crippen LogP contribution in [0, 0.1) is 0 Å². The Hall–Kier alpha value is -2.82. The van der Waals surface area contributed by atoms with Gasteiger partial charge in [-0.15, -0.1) is 0 Å². The quantitative estimate of drug-likeness (QED) is 0.795. The van der Waals surface area contributed by atoms with Crippen LogP contribution in [-0.2, 0) is 21.4 Å². The summed E-state index contributed by atoms with van der Waals surface area (Å²) in [4.78, 5) is 26.4. The van der Waals surface area contributed by atoms with E-state index in [0.29, 0.717) is 32.4 Å². The molecule has 1 aliphatic rings. The number of rotatable bonds is 7. The van der Waals surface area contributed by atoms with Crippen LogP contribution in [0.1, 0.15) is 36.8 Å². The summed E-state index contributed by atoms with van der Waals surface area (Å²) >= 11 is 0. The Morgan fingerprint density at radius 1 is 1.04 bits per heavy atom. The molecule has 1 heterocycles. The number of amides is 1. The molecule has 1 N–H and O–H groups in total. The number of benzene rings is 2. The van der Waals surface area contributed by atoms with Gasteiger partial charge >= 0.3 is 5.97 Å². The van der Waals surface area contributed by atoms with E-state index in [9.17, 15) is 14.7 Å². The van der Waals surface area contributed by atoms with Crippen LogP contribution in [0.25, 0.3) is 0 Å². The Morgan fingerprint density at radius 3 is 2.25 bits per heavy atom.